The maximum Gasteiger partial charge on any atom is 0.337 e. The molecule has 48 heavy (non-hydrogen) atoms. The van der Waals surface area contributed by atoms with Gasteiger partial charge in [-0.25, -0.2) is 19.2 Å². The van der Waals surface area contributed by atoms with Crippen molar-refractivity contribution < 1.29 is 23.8 Å². The summed E-state index contributed by atoms with van der Waals surface area (Å²) in [5, 5.41) is 11.2. The Labute approximate surface area is 281 Å². The van der Waals surface area contributed by atoms with Crippen LogP contribution in [0.15, 0.2) is 30.5 Å². The highest BCUT2D eigenvalue weighted by molar-refractivity contribution is 6.01. The zero-order chi connectivity index (χ0) is 34.3. The van der Waals surface area contributed by atoms with E-state index >= 15 is 4.39 Å². The Hall–Kier alpha value is -4.30. The molecule has 0 amide bonds. The van der Waals surface area contributed by atoms with Crippen molar-refractivity contribution in [3.63, 3.8) is 0 Å². The van der Waals surface area contributed by atoms with Crippen molar-refractivity contribution in [2.75, 3.05) is 46.4 Å². The molecular formula is C38H44FN5O4. The maximum atomic E-state index is 15.8. The first-order chi connectivity index (χ1) is 22.8. The van der Waals surface area contributed by atoms with Crippen molar-refractivity contribution in [2.24, 2.45) is 7.05 Å². The van der Waals surface area contributed by atoms with E-state index in [4.69, 9.17) is 14.5 Å². The highest BCUT2D eigenvalue weighted by Crippen LogP contribution is 2.45. The average Bonchev–Trinajstić information content (AvgIpc) is 3.37. The molecule has 0 radical (unpaired) electrons. The molecule has 1 aromatic carbocycles. The fourth-order valence-electron chi connectivity index (χ4n) is 6.76. The lowest BCUT2D eigenvalue weighted by Crippen LogP contribution is -2.44. The van der Waals surface area contributed by atoms with E-state index in [-0.39, 0.29) is 5.75 Å². The number of fused-ring (bicyclic) bond motifs is 2. The Balaban J connectivity index is 1.52. The summed E-state index contributed by atoms with van der Waals surface area (Å²) >= 11 is 0. The van der Waals surface area contributed by atoms with Gasteiger partial charge < -0.3 is 24.0 Å². The van der Waals surface area contributed by atoms with Gasteiger partial charge in [-0.15, -0.1) is 0 Å². The number of pyridine rings is 2. The van der Waals surface area contributed by atoms with E-state index < -0.39 is 23.5 Å². The fraction of sp³-hybridized carbons (Fsp3) is 0.447. The minimum absolute atomic E-state index is 0.276. The van der Waals surface area contributed by atoms with Crippen molar-refractivity contribution in [1.29, 1.82) is 0 Å². The van der Waals surface area contributed by atoms with Gasteiger partial charge in [-0.2, -0.15) is 0 Å². The quantitative estimate of drug-likeness (QED) is 0.257. The molecule has 0 bridgehead atoms. The van der Waals surface area contributed by atoms with Crippen molar-refractivity contribution in [3.05, 3.63) is 64.4 Å². The highest BCUT2D eigenvalue weighted by Gasteiger charge is 2.34. The molecule has 4 aromatic rings. The molecule has 0 spiro atoms. The first-order valence-electron chi connectivity index (χ1n) is 16.5. The van der Waals surface area contributed by atoms with Crippen LogP contribution in [0.3, 0.4) is 0 Å². The summed E-state index contributed by atoms with van der Waals surface area (Å²) in [6, 6.07) is 7.36. The van der Waals surface area contributed by atoms with Crippen molar-refractivity contribution >= 4 is 17.0 Å². The van der Waals surface area contributed by atoms with Gasteiger partial charge in [0.1, 0.15) is 11.3 Å². The van der Waals surface area contributed by atoms with E-state index in [0.717, 1.165) is 55.0 Å². The maximum absolute atomic E-state index is 15.8. The third-order valence-corrected chi connectivity index (χ3v) is 9.24. The third-order valence-electron chi connectivity index (χ3n) is 9.24. The number of nitrogens with zero attached hydrogens (tertiary/aromatic N) is 5. The number of likely N-dealkylation sites (N-methyl/N-ethyl adjacent to an activating group) is 1. The highest BCUT2D eigenvalue weighted by atomic mass is 19.1. The number of aliphatic carboxylic acids is 1. The predicted octanol–water partition coefficient (Wildman–Crippen LogP) is 5.92. The van der Waals surface area contributed by atoms with Crippen LogP contribution in [0.1, 0.15) is 61.4 Å². The molecule has 1 atom stereocenters. The number of hydrogen-bond acceptors (Lipinski definition) is 7. The van der Waals surface area contributed by atoms with Crippen LogP contribution in [0.5, 0.6) is 5.75 Å². The molecule has 1 unspecified atom stereocenters. The van der Waals surface area contributed by atoms with E-state index in [9.17, 15) is 9.90 Å². The van der Waals surface area contributed by atoms with Crippen LogP contribution in [0.2, 0.25) is 0 Å². The van der Waals surface area contributed by atoms with Gasteiger partial charge >= 0.3 is 5.97 Å². The molecule has 6 rings (SSSR count). The van der Waals surface area contributed by atoms with E-state index in [2.05, 4.69) is 33.7 Å². The number of hydrogen-bond donors (Lipinski definition) is 1. The second-order valence-corrected chi connectivity index (χ2v) is 13.9. The first kappa shape index (κ1) is 33.6. The van der Waals surface area contributed by atoms with Crippen LogP contribution in [0.25, 0.3) is 33.4 Å². The first-order valence-corrected chi connectivity index (χ1v) is 16.5. The van der Waals surface area contributed by atoms with Gasteiger partial charge in [0.2, 0.25) is 0 Å². The molecule has 1 N–H and O–H groups in total. The molecule has 252 valence electrons. The Bertz CT molecular complexity index is 1940. The number of aryl methyl sites for hydroxylation is 2. The lowest BCUT2D eigenvalue weighted by atomic mass is 9.86. The second-order valence-electron chi connectivity index (χ2n) is 13.9. The standard InChI is InChI=1S/C38H44FN5O4/c1-23-27-11-9-19-47-34(27)30(39)21-28(23)33-29-22-31(25-12-13-40-26(20-25)10-8-14-44-17-15-42(6)16-18-44)43(7)36(29)41-24(2)32(33)35(37(45)46)48-38(3,4)5/h12-13,20-22,35H,9,11,14-19H2,1-7H3,(H,45,46). The summed E-state index contributed by atoms with van der Waals surface area (Å²) in [5.74, 6) is 5.20. The molecule has 5 heterocycles. The predicted molar refractivity (Wildman–Crippen MR) is 185 cm³/mol. The molecule has 9 nitrogen and oxygen atoms in total. The number of carboxylic acids is 1. The molecule has 0 saturated carbocycles. The Kier molecular flexibility index (Phi) is 9.31. The van der Waals surface area contributed by atoms with Crippen LogP contribution in [0.4, 0.5) is 4.39 Å². The molecule has 1 fully saturated rings. The van der Waals surface area contributed by atoms with E-state index in [1.807, 2.05) is 57.5 Å². The minimum Gasteiger partial charge on any atom is -0.490 e. The van der Waals surface area contributed by atoms with E-state index in [1.165, 1.54) is 6.07 Å². The Morgan fingerprint density at radius 2 is 1.90 bits per heavy atom. The largest absolute Gasteiger partial charge is 0.490 e. The van der Waals surface area contributed by atoms with Gasteiger partial charge in [0, 0.05) is 72.8 Å². The summed E-state index contributed by atoms with van der Waals surface area (Å²) in [5.41, 5.74) is 6.05. The van der Waals surface area contributed by atoms with Crippen LogP contribution >= 0.6 is 0 Å². The number of benzene rings is 1. The SMILES string of the molecule is Cc1nc2c(cc(-c3ccnc(C#CCN4CCN(C)CC4)c3)n2C)c(-c2cc(F)c3c(c2C)CCCO3)c1C(OC(C)(C)C)C(=O)O. The van der Waals surface area contributed by atoms with Crippen LogP contribution in [-0.4, -0.2) is 87.4 Å². The lowest BCUT2D eigenvalue weighted by molar-refractivity contribution is -0.160. The van der Waals surface area contributed by atoms with Crippen molar-refractivity contribution in [2.45, 2.75) is 59.2 Å². The zero-order valence-electron chi connectivity index (χ0n) is 28.9. The van der Waals surface area contributed by atoms with E-state index in [0.29, 0.717) is 58.7 Å². The number of piperazine rings is 1. The van der Waals surface area contributed by atoms with Crippen molar-refractivity contribution in [1.82, 2.24) is 24.3 Å². The number of carboxylic acid groups (broad SMARTS) is 1. The van der Waals surface area contributed by atoms with Crippen molar-refractivity contribution in [3.8, 4) is 40.0 Å². The Morgan fingerprint density at radius 3 is 2.60 bits per heavy atom. The minimum atomic E-state index is -1.33. The van der Waals surface area contributed by atoms with Gasteiger partial charge in [0.05, 0.1) is 24.4 Å². The summed E-state index contributed by atoms with van der Waals surface area (Å²) in [7, 11) is 4.07. The zero-order valence-corrected chi connectivity index (χ0v) is 28.9. The monoisotopic (exact) mass is 653 g/mol. The van der Waals surface area contributed by atoms with Crippen LogP contribution in [-0.2, 0) is 23.0 Å². The molecule has 2 aliphatic rings. The average molecular weight is 654 g/mol. The number of ether oxygens (including phenoxy) is 2. The van der Waals surface area contributed by atoms with Gasteiger partial charge in [-0.1, -0.05) is 5.92 Å². The van der Waals surface area contributed by atoms with Gasteiger partial charge in [-0.3, -0.25) is 4.90 Å². The number of carbonyl (C=O) groups is 1. The van der Waals surface area contributed by atoms with Gasteiger partial charge in [0.25, 0.3) is 0 Å². The Morgan fingerprint density at radius 1 is 1.15 bits per heavy atom. The third kappa shape index (κ3) is 6.68. The topological polar surface area (TPSA) is 93.0 Å². The van der Waals surface area contributed by atoms with E-state index in [1.54, 1.807) is 13.1 Å². The summed E-state index contributed by atoms with van der Waals surface area (Å²) in [6.07, 6.45) is 1.86. The summed E-state index contributed by atoms with van der Waals surface area (Å²) in [4.78, 5) is 27.0. The summed E-state index contributed by atoms with van der Waals surface area (Å²) < 4.78 is 29.7. The van der Waals surface area contributed by atoms with Crippen LogP contribution < -0.4 is 4.74 Å². The molecule has 0 aliphatic carbocycles. The number of aromatic nitrogens is 3. The molecule has 3 aromatic heterocycles. The second kappa shape index (κ2) is 13.3. The molecule has 10 heteroatoms. The smallest absolute Gasteiger partial charge is 0.337 e. The lowest BCUT2D eigenvalue weighted by Gasteiger charge is -2.30. The number of rotatable bonds is 6. The van der Waals surface area contributed by atoms with Gasteiger partial charge in [-0.05, 0) is 95.8 Å². The molecule has 2 aliphatic heterocycles. The number of halogens is 1. The summed E-state index contributed by atoms with van der Waals surface area (Å²) in [6.45, 7) is 14.4. The normalized spacial score (nSPS) is 16.2. The van der Waals surface area contributed by atoms with Crippen LogP contribution in [0, 0.1) is 31.5 Å². The fourth-order valence-corrected chi connectivity index (χ4v) is 6.76. The van der Waals surface area contributed by atoms with Gasteiger partial charge in [0.15, 0.2) is 17.7 Å². The molecular weight excluding hydrogens is 609 g/mol. The molecule has 1 saturated heterocycles.